The van der Waals surface area contributed by atoms with Crippen LogP contribution in [0.5, 0.6) is 0 Å². The molecule has 0 aliphatic carbocycles. The number of hydrogen-bond donors (Lipinski definition) is 0. The van der Waals surface area contributed by atoms with Gasteiger partial charge in [0.2, 0.25) is 0 Å². The summed E-state index contributed by atoms with van der Waals surface area (Å²) in [4.78, 5) is 0. The van der Waals surface area contributed by atoms with E-state index in [0.717, 1.165) is 19.1 Å². The molecule has 0 radical (unpaired) electrons. The highest BCUT2D eigenvalue weighted by Crippen LogP contribution is 2.36. The highest BCUT2D eigenvalue weighted by molar-refractivity contribution is 4.92. The van der Waals surface area contributed by atoms with E-state index in [9.17, 15) is 0 Å². The van der Waals surface area contributed by atoms with Crippen molar-refractivity contribution >= 4 is 0 Å². The van der Waals surface area contributed by atoms with E-state index >= 15 is 0 Å². The SMILES string of the molecule is CC(C)C[C@@H]1COC2C1OC[C@H]2C. The van der Waals surface area contributed by atoms with Crippen LogP contribution in [-0.4, -0.2) is 25.4 Å². The van der Waals surface area contributed by atoms with Crippen LogP contribution in [0, 0.1) is 17.8 Å². The molecule has 0 bridgehead atoms. The predicted molar refractivity (Wildman–Crippen MR) is 51.6 cm³/mol. The van der Waals surface area contributed by atoms with Crippen LogP contribution in [0.15, 0.2) is 0 Å². The van der Waals surface area contributed by atoms with Crippen LogP contribution in [0.3, 0.4) is 0 Å². The standard InChI is InChI=1S/C11H20O2/c1-7(2)4-9-6-13-10-8(3)5-12-11(9)10/h7-11H,4-6H2,1-3H3/t8-,9-,10?,11?/m1/s1. The van der Waals surface area contributed by atoms with Gasteiger partial charge in [0.05, 0.1) is 25.4 Å². The second-order valence-electron chi connectivity index (χ2n) is 4.96. The van der Waals surface area contributed by atoms with E-state index in [1.165, 1.54) is 6.42 Å². The lowest BCUT2D eigenvalue weighted by Crippen LogP contribution is -2.25. The van der Waals surface area contributed by atoms with Crippen molar-refractivity contribution in [2.24, 2.45) is 17.8 Å². The summed E-state index contributed by atoms with van der Waals surface area (Å²) in [5.41, 5.74) is 0. The molecule has 2 heteroatoms. The first-order valence-electron chi connectivity index (χ1n) is 5.41. The molecule has 2 saturated heterocycles. The monoisotopic (exact) mass is 184 g/mol. The summed E-state index contributed by atoms with van der Waals surface area (Å²) >= 11 is 0. The smallest absolute Gasteiger partial charge is 0.0890 e. The van der Waals surface area contributed by atoms with E-state index in [2.05, 4.69) is 20.8 Å². The molecule has 0 aromatic carbocycles. The fraction of sp³-hybridized carbons (Fsp3) is 1.00. The Hall–Kier alpha value is -0.0800. The first kappa shape index (κ1) is 9.47. The Balaban J connectivity index is 1.94. The lowest BCUT2D eigenvalue weighted by atomic mass is 9.91. The Labute approximate surface area is 80.6 Å². The molecule has 0 amide bonds. The third-order valence-electron chi connectivity index (χ3n) is 3.18. The third kappa shape index (κ3) is 1.75. The Bertz CT molecular complexity index is 179. The molecule has 13 heavy (non-hydrogen) atoms. The van der Waals surface area contributed by atoms with Crippen molar-refractivity contribution < 1.29 is 9.47 Å². The van der Waals surface area contributed by atoms with Crippen molar-refractivity contribution in [2.45, 2.75) is 39.4 Å². The van der Waals surface area contributed by atoms with Crippen molar-refractivity contribution in [2.75, 3.05) is 13.2 Å². The van der Waals surface area contributed by atoms with Crippen LogP contribution in [0.4, 0.5) is 0 Å². The van der Waals surface area contributed by atoms with Crippen LogP contribution in [0.2, 0.25) is 0 Å². The van der Waals surface area contributed by atoms with Gasteiger partial charge in [-0.1, -0.05) is 20.8 Å². The van der Waals surface area contributed by atoms with E-state index < -0.39 is 0 Å². The fourth-order valence-electron chi connectivity index (χ4n) is 2.58. The van der Waals surface area contributed by atoms with Gasteiger partial charge in [0.15, 0.2) is 0 Å². The quantitative estimate of drug-likeness (QED) is 0.654. The van der Waals surface area contributed by atoms with Gasteiger partial charge >= 0.3 is 0 Å². The number of hydrogen-bond acceptors (Lipinski definition) is 2. The van der Waals surface area contributed by atoms with Gasteiger partial charge in [-0.3, -0.25) is 0 Å². The van der Waals surface area contributed by atoms with Gasteiger partial charge in [-0.05, 0) is 12.3 Å². The minimum Gasteiger partial charge on any atom is -0.375 e. The molecule has 2 aliphatic rings. The van der Waals surface area contributed by atoms with E-state index in [1.807, 2.05) is 0 Å². The molecule has 4 atom stereocenters. The summed E-state index contributed by atoms with van der Waals surface area (Å²) in [6.45, 7) is 8.57. The zero-order valence-electron chi connectivity index (χ0n) is 8.82. The van der Waals surface area contributed by atoms with Crippen molar-refractivity contribution in [3.63, 3.8) is 0 Å². The molecule has 2 nitrogen and oxygen atoms in total. The van der Waals surface area contributed by atoms with E-state index in [4.69, 9.17) is 9.47 Å². The van der Waals surface area contributed by atoms with Crippen molar-refractivity contribution in [3.8, 4) is 0 Å². The fourth-order valence-corrected chi connectivity index (χ4v) is 2.58. The molecule has 2 aliphatic heterocycles. The average molecular weight is 184 g/mol. The van der Waals surface area contributed by atoms with Crippen molar-refractivity contribution in [1.82, 2.24) is 0 Å². The van der Waals surface area contributed by atoms with Gasteiger partial charge < -0.3 is 9.47 Å². The molecule has 2 fully saturated rings. The molecule has 0 N–H and O–H groups in total. The molecule has 2 heterocycles. The van der Waals surface area contributed by atoms with Gasteiger partial charge in [-0.25, -0.2) is 0 Å². The molecule has 76 valence electrons. The van der Waals surface area contributed by atoms with E-state index in [1.54, 1.807) is 0 Å². The van der Waals surface area contributed by atoms with Crippen molar-refractivity contribution in [1.29, 1.82) is 0 Å². The number of rotatable bonds is 2. The second-order valence-corrected chi connectivity index (χ2v) is 4.96. The van der Waals surface area contributed by atoms with Gasteiger partial charge in [0.25, 0.3) is 0 Å². The Morgan fingerprint density at radius 3 is 2.54 bits per heavy atom. The van der Waals surface area contributed by atoms with Gasteiger partial charge in [-0.2, -0.15) is 0 Å². The summed E-state index contributed by atoms with van der Waals surface area (Å²) < 4.78 is 11.6. The Morgan fingerprint density at radius 1 is 1.15 bits per heavy atom. The van der Waals surface area contributed by atoms with Crippen LogP contribution >= 0.6 is 0 Å². The zero-order valence-corrected chi connectivity index (χ0v) is 8.82. The molecular formula is C11H20O2. The predicted octanol–water partition coefficient (Wildman–Crippen LogP) is 2.08. The average Bonchev–Trinajstić information content (AvgIpc) is 2.56. The molecular weight excluding hydrogens is 164 g/mol. The van der Waals surface area contributed by atoms with Crippen LogP contribution in [-0.2, 0) is 9.47 Å². The van der Waals surface area contributed by atoms with Crippen LogP contribution < -0.4 is 0 Å². The van der Waals surface area contributed by atoms with E-state index in [-0.39, 0.29) is 0 Å². The third-order valence-corrected chi connectivity index (χ3v) is 3.18. The maximum absolute atomic E-state index is 5.78. The second kappa shape index (κ2) is 3.58. The summed E-state index contributed by atoms with van der Waals surface area (Å²) in [6, 6.07) is 0. The Kier molecular flexibility index (Phi) is 2.61. The topological polar surface area (TPSA) is 18.5 Å². The Morgan fingerprint density at radius 2 is 1.85 bits per heavy atom. The first-order valence-corrected chi connectivity index (χ1v) is 5.41. The zero-order chi connectivity index (χ0) is 9.42. The lowest BCUT2D eigenvalue weighted by Gasteiger charge is -2.17. The van der Waals surface area contributed by atoms with Crippen LogP contribution in [0.25, 0.3) is 0 Å². The molecule has 0 saturated carbocycles. The summed E-state index contributed by atoms with van der Waals surface area (Å²) in [7, 11) is 0. The lowest BCUT2D eigenvalue weighted by molar-refractivity contribution is 0.0591. The maximum Gasteiger partial charge on any atom is 0.0890 e. The van der Waals surface area contributed by atoms with Gasteiger partial charge in [-0.15, -0.1) is 0 Å². The van der Waals surface area contributed by atoms with Gasteiger partial charge in [0, 0.05) is 11.8 Å². The summed E-state index contributed by atoms with van der Waals surface area (Å²) in [5.74, 6) is 2.00. The largest absolute Gasteiger partial charge is 0.375 e. The molecule has 2 rings (SSSR count). The number of fused-ring (bicyclic) bond motifs is 1. The molecule has 2 unspecified atom stereocenters. The number of ether oxygens (including phenoxy) is 2. The molecule has 0 aromatic heterocycles. The van der Waals surface area contributed by atoms with Gasteiger partial charge in [0.1, 0.15) is 0 Å². The summed E-state index contributed by atoms with van der Waals surface area (Å²) in [5, 5.41) is 0. The van der Waals surface area contributed by atoms with E-state index in [0.29, 0.717) is 24.0 Å². The minimum atomic E-state index is 0.392. The highest BCUT2D eigenvalue weighted by Gasteiger charge is 2.45. The van der Waals surface area contributed by atoms with Crippen LogP contribution in [0.1, 0.15) is 27.2 Å². The minimum absolute atomic E-state index is 0.392. The maximum atomic E-state index is 5.78. The molecule has 0 aromatic rings. The highest BCUT2D eigenvalue weighted by atomic mass is 16.6. The normalized spacial score (nSPS) is 44.3. The summed E-state index contributed by atoms with van der Waals surface area (Å²) in [6.07, 6.45) is 2.04. The van der Waals surface area contributed by atoms with Crippen molar-refractivity contribution in [3.05, 3.63) is 0 Å². The molecule has 0 spiro atoms. The first-order chi connectivity index (χ1) is 6.18.